The zero-order chi connectivity index (χ0) is 11.3. The lowest BCUT2D eigenvalue weighted by atomic mass is 10.1. The lowest BCUT2D eigenvalue weighted by Crippen LogP contribution is -2.06. The molecule has 2 nitrogen and oxygen atoms in total. The maximum Gasteiger partial charge on any atom is 0.180 e. The molecule has 0 heterocycles. The molecule has 1 aromatic carbocycles. The maximum absolute atomic E-state index is 13.1. The van der Waals surface area contributed by atoms with Crippen molar-refractivity contribution in [3.8, 4) is 0 Å². The van der Waals surface area contributed by atoms with E-state index in [0.717, 1.165) is 0 Å². The van der Waals surface area contributed by atoms with Crippen molar-refractivity contribution in [3.05, 3.63) is 35.4 Å². The average Bonchev–Trinajstić information content (AvgIpc) is 2.17. The van der Waals surface area contributed by atoms with Crippen molar-refractivity contribution in [1.82, 2.24) is 0 Å². The van der Waals surface area contributed by atoms with Gasteiger partial charge in [-0.2, -0.15) is 0 Å². The highest BCUT2D eigenvalue weighted by Crippen LogP contribution is 2.14. The van der Waals surface area contributed by atoms with E-state index in [1.165, 1.54) is 18.2 Å². The summed E-state index contributed by atoms with van der Waals surface area (Å²) in [5.41, 5.74) is 0.0157. The van der Waals surface area contributed by atoms with Crippen LogP contribution in [-0.2, 0) is 11.2 Å². The van der Waals surface area contributed by atoms with Gasteiger partial charge in [-0.05, 0) is 25.5 Å². The van der Waals surface area contributed by atoms with E-state index in [-0.39, 0.29) is 24.3 Å². The number of hydrogen-bond donors (Lipinski definition) is 1. The molecule has 0 radical (unpaired) electrons. The van der Waals surface area contributed by atoms with Gasteiger partial charge in [0.25, 0.3) is 0 Å². The molecule has 0 atom stereocenters. The monoisotopic (exact) mass is 213 g/mol. The lowest BCUT2D eigenvalue weighted by Gasteiger charge is -2.06. The van der Waals surface area contributed by atoms with Crippen molar-refractivity contribution >= 4 is 5.90 Å². The van der Waals surface area contributed by atoms with E-state index >= 15 is 0 Å². The largest absolute Gasteiger partial charge is 0.481 e. The number of halogens is 2. The summed E-state index contributed by atoms with van der Waals surface area (Å²) < 4.78 is 31.2. The van der Waals surface area contributed by atoms with E-state index in [9.17, 15) is 8.78 Å². The van der Waals surface area contributed by atoms with Crippen LogP contribution in [0.4, 0.5) is 8.78 Å². The summed E-state index contributed by atoms with van der Waals surface area (Å²) in [5.74, 6) is -1.08. The Morgan fingerprint density at radius 3 is 2.47 bits per heavy atom. The number of hydrogen-bond acceptors (Lipinski definition) is 2. The van der Waals surface area contributed by atoms with Gasteiger partial charge < -0.3 is 4.74 Å². The van der Waals surface area contributed by atoms with Crippen molar-refractivity contribution < 1.29 is 13.5 Å². The van der Waals surface area contributed by atoms with Crippen LogP contribution < -0.4 is 0 Å². The molecule has 0 aliphatic heterocycles. The second kappa shape index (κ2) is 5.44. The van der Waals surface area contributed by atoms with Crippen molar-refractivity contribution in [1.29, 1.82) is 5.41 Å². The number of rotatable bonds is 4. The highest BCUT2D eigenvalue weighted by molar-refractivity contribution is 5.72. The molecule has 82 valence electrons. The van der Waals surface area contributed by atoms with E-state index in [2.05, 4.69) is 0 Å². The van der Waals surface area contributed by atoms with Gasteiger partial charge in [-0.3, -0.25) is 5.41 Å². The zero-order valence-electron chi connectivity index (χ0n) is 8.52. The number of benzene rings is 1. The molecule has 15 heavy (non-hydrogen) atoms. The van der Waals surface area contributed by atoms with Gasteiger partial charge in [-0.25, -0.2) is 8.78 Å². The molecule has 0 aliphatic carbocycles. The molecule has 1 N–H and O–H groups in total. The molecule has 0 amide bonds. The Morgan fingerprint density at radius 1 is 1.33 bits per heavy atom. The van der Waals surface area contributed by atoms with E-state index < -0.39 is 11.6 Å². The fourth-order valence-electron chi connectivity index (χ4n) is 1.26. The summed E-state index contributed by atoms with van der Waals surface area (Å²) in [7, 11) is 0. The van der Waals surface area contributed by atoms with Gasteiger partial charge in [0.05, 0.1) is 6.61 Å². The van der Waals surface area contributed by atoms with Crippen molar-refractivity contribution in [2.24, 2.45) is 0 Å². The van der Waals surface area contributed by atoms with Gasteiger partial charge in [0, 0.05) is 12.0 Å². The van der Waals surface area contributed by atoms with Crippen molar-refractivity contribution in [2.45, 2.75) is 19.8 Å². The van der Waals surface area contributed by atoms with Crippen LogP contribution in [0.5, 0.6) is 0 Å². The lowest BCUT2D eigenvalue weighted by molar-refractivity contribution is 0.313. The van der Waals surface area contributed by atoms with Gasteiger partial charge in [0.1, 0.15) is 11.6 Å². The minimum absolute atomic E-state index is 0.0157. The fourth-order valence-corrected chi connectivity index (χ4v) is 1.26. The summed E-state index contributed by atoms with van der Waals surface area (Å²) in [5, 5.41) is 7.31. The highest BCUT2D eigenvalue weighted by Gasteiger charge is 2.09. The van der Waals surface area contributed by atoms with Crippen LogP contribution in [-0.4, -0.2) is 12.5 Å². The quantitative estimate of drug-likeness (QED) is 0.605. The van der Waals surface area contributed by atoms with Crippen LogP contribution in [0.25, 0.3) is 0 Å². The zero-order valence-corrected chi connectivity index (χ0v) is 8.52. The molecule has 4 heteroatoms. The smallest absolute Gasteiger partial charge is 0.180 e. The number of nitrogens with one attached hydrogen (secondary N) is 1. The Balaban J connectivity index is 2.61. The summed E-state index contributed by atoms with van der Waals surface area (Å²) in [4.78, 5) is 0. The van der Waals surface area contributed by atoms with E-state index in [4.69, 9.17) is 10.1 Å². The van der Waals surface area contributed by atoms with Crippen molar-refractivity contribution in [2.75, 3.05) is 6.61 Å². The standard InChI is InChI=1S/C11H13F2NO/c1-2-15-11(14)7-6-8-9(12)4-3-5-10(8)13/h3-5,14H,2,6-7H2,1H3. The first-order chi connectivity index (χ1) is 7.15. The topological polar surface area (TPSA) is 33.1 Å². The molecule has 1 aromatic rings. The predicted molar refractivity (Wildman–Crippen MR) is 54.0 cm³/mol. The minimum atomic E-state index is -0.570. The second-order valence-electron chi connectivity index (χ2n) is 3.06. The normalized spacial score (nSPS) is 10.1. The van der Waals surface area contributed by atoms with Gasteiger partial charge in [-0.1, -0.05) is 6.07 Å². The molecular formula is C11H13F2NO. The van der Waals surface area contributed by atoms with E-state index in [1.54, 1.807) is 6.92 Å². The average molecular weight is 213 g/mol. The fraction of sp³-hybridized carbons (Fsp3) is 0.364. The van der Waals surface area contributed by atoms with E-state index in [0.29, 0.717) is 6.61 Å². The van der Waals surface area contributed by atoms with Crippen LogP contribution in [0, 0.1) is 17.0 Å². The van der Waals surface area contributed by atoms with Gasteiger partial charge >= 0.3 is 0 Å². The van der Waals surface area contributed by atoms with Crippen LogP contribution in [0.15, 0.2) is 18.2 Å². The molecule has 0 aromatic heterocycles. The second-order valence-corrected chi connectivity index (χ2v) is 3.06. The molecule has 0 unspecified atom stereocenters. The summed E-state index contributed by atoms with van der Waals surface area (Å²) >= 11 is 0. The van der Waals surface area contributed by atoms with Crippen molar-refractivity contribution in [3.63, 3.8) is 0 Å². The first kappa shape index (κ1) is 11.6. The summed E-state index contributed by atoms with van der Waals surface area (Å²) in [6.45, 7) is 2.16. The van der Waals surface area contributed by atoms with Gasteiger partial charge in [-0.15, -0.1) is 0 Å². The van der Waals surface area contributed by atoms with Crippen LogP contribution in [0.2, 0.25) is 0 Å². The maximum atomic E-state index is 13.1. The Bertz CT molecular complexity index is 332. The molecule has 0 saturated heterocycles. The summed E-state index contributed by atoms with van der Waals surface area (Å²) in [6.07, 6.45) is 0.364. The van der Waals surface area contributed by atoms with Gasteiger partial charge in [0.2, 0.25) is 0 Å². The molecule has 0 fully saturated rings. The molecule has 0 bridgehead atoms. The van der Waals surface area contributed by atoms with Crippen LogP contribution in [0.1, 0.15) is 18.9 Å². The molecule has 1 rings (SSSR count). The Hall–Kier alpha value is -1.45. The molecule has 0 spiro atoms. The third-order valence-corrected chi connectivity index (χ3v) is 1.98. The Kier molecular flexibility index (Phi) is 4.21. The Morgan fingerprint density at radius 2 is 1.93 bits per heavy atom. The predicted octanol–water partition coefficient (Wildman–Crippen LogP) is 2.91. The highest BCUT2D eigenvalue weighted by atomic mass is 19.1. The molecule has 0 aliphatic rings. The molecule has 0 saturated carbocycles. The summed E-state index contributed by atoms with van der Waals surface area (Å²) in [6, 6.07) is 3.74. The number of ether oxygens (including phenoxy) is 1. The van der Waals surface area contributed by atoms with E-state index in [1.807, 2.05) is 0 Å². The third kappa shape index (κ3) is 3.31. The van der Waals surface area contributed by atoms with Gasteiger partial charge in [0.15, 0.2) is 5.90 Å². The van der Waals surface area contributed by atoms with Crippen LogP contribution >= 0.6 is 0 Å². The Labute approximate surface area is 87.4 Å². The first-order valence-corrected chi connectivity index (χ1v) is 4.78. The SMILES string of the molecule is CCOC(=N)CCc1c(F)cccc1F. The van der Waals surface area contributed by atoms with Crippen LogP contribution in [0.3, 0.4) is 0 Å². The molecular weight excluding hydrogens is 200 g/mol. The third-order valence-electron chi connectivity index (χ3n) is 1.98. The first-order valence-electron chi connectivity index (χ1n) is 4.78. The minimum Gasteiger partial charge on any atom is -0.481 e.